The maximum Gasteiger partial charge on any atom is 0.116 e. The summed E-state index contributed by atoms with van der Waals surface area (Å²) in [6, 6.07) is 0. The molecule has 3 heteroatoms. The van der Waals surface area contributed by atoms with Crippen molar-refractivity contribution in [2.24, 2.45) is 5.73 Å². The average molecular weight is 168 g/mol. The van der Waals surface area contributed by atoms with Crippen molar-refractivity contribution in [2.45, 2.75) is 13.8 Å². The van der Waals surface area contributed by atoms with Crippen LogP contribution in [0.4, 0.5) is 0 Å². The van der Waals surface area contributed by atoms with E-state index in [0.29, 0.717) is 6.54 Å². The standard InChI is InChI=1S/C8H12N2S/c1-6(4-9)3-8-10-7(2)5-11-8/h3,5H,4,9H2,1-2H3/b6-3+. The van der Waals surface area contributed by atoms with Crippen molar-refractivity contribution in [3.8, 4) is 0 Å². The third-order valence-corrected chi connectivity index (χ3v) is 2.24. The zero-order valence-corrected chi connectivity index (χ0v) is 7.61. The fourth-order valence-electron chi connectivity index (χ4n) is 0.708. The van der Waals surface area contributed by atoms with Crippen molar-refractivity contribution >= 4 is 17.4 Å². The van der Waals surface area contributed by atoms with E-state index in [1.54, 1.807) is 11.3 Å². The topological polar surface area (TPSA) is 38.9 Å². The Kier molecular flexibility index (Phi) is 2.79. The van der Waals surface area contributed by atoms with Gasteiger partial charge in [-0.15, -0.1) is 11.3 Å². The molecule has 1 aromatic rings. The van der Waals surface area contributed by atoms with E-state index in [4.69, 9.17) is 5.73 Å². The summed E-state index contributed by atoms with van der Waals surface area (Å²) in [6.45, 7) is 4.61. The van der Waals surface area contributed by atoms with Crippen LogP contribution in [0, 0.1) is 6.92 Å². The number of hydrogen-bond acceptors (Lipinski definition) is 3. The normalized spacial score (nSPS) is 12.1. The largest absolute Gasteiger partial charge is 0.327 e. The van der Waals surface area contributed by atoms with Crippen LogP contribution >= 0.6 is 11.3 Å². The van der Waals surface area contributed by atoms with Crippen LogP contribution in [0.5, 0.6) is 0 Å². The van der Waals surface area contributed by atoms with E-state index < -0.39 is 0 Å². The van der Waals surface area contributed by atoms with Gasteiger partial charge in [0.05, 0.1) is 0 Å². The maximum atomic E-state index is 5.44. The Balaban J connectivity index is 2.78. The van der Waals surface area contributed by atoms with Crippen molar-refractivity contribution in [1.82, 2.24) is 4.98 Å². The van der Waals surface area contributed by atoms with Crippen molar-refractivity contribution in [1.29, 1.82) is 0 Å². The van der Waals surface area contributed by atoms with E-state index in [9.17, 15) is 0 Å². The number of thiazole rings is 1. The van der Waals surface area contributed by atoms with Gasteiger partial charge in [-0.3, -0.25) is 0 Å². The first kappa shape index (κ1) is 8.43. The van der Waals surface area contributed by atoms with Gasteiger partial charge in [0.2, 0.25) is 0 Å². The summed E-state index contributed by atoms with van der Waals surface area (Å²) < 4.78 is 0. The van der Waals surface area contributed by atoms with E-state index in [0.717, 1.165) is 10.7 Å². The van der Waals surface area contributed by atoms with Crippen LogP contribution in [-0.4, -0.2) is 11.5 Å². The molecule has 0 aliphatic rings. The molecular weight excluding hydrogens is 156 g/mol. The summed E-state index contributed by atoms with van der Waals surface area (Å²) in [5, 5.41) is 3.08. The number of nitrogens with two attached hydrogens (primary N) is 1. The second kappa shape index (κ2) is 3.64. The van der Waals surface area contributed by atoms with Crippen molar-refractivity contribution in [3.05, 3.63) is 21.7 Å². The maximum absolute atomic E-state index is 5.44. The lowest BCUT2D eigenvalue weighted by Gasteiger charge is -1.90. The summed E-state index contributed by atoms with van der Waals surface area (Å²) >= 11 is 1.65. The van der Waals surface area contributed by atoms with Gasteiger partial charge in [0.1, 0.15) is 5.01 Å². The number of rotatable bonds is 2. The molecule has 60 valence electrons. The molecule has 0 spiro atoms. The molecule has 0 fully saturated rings. The van der Waals surface area contributed by atoms with E-state index in [2.05, 4.69) is 4.98 Å². The molecule has 1 heterocycles. The molecule has 0 atom stereocenters. The fourth-order valence-corrected chi connectivity index (χ4v) is 1.52. The third-order valence-electron chi connectivity index (χ3n) is 1.33. The molecule has 0 radical (unpaired) electrons. The summed E-state index contributed by atoms with van der Waals surface area (Å²) in [5.41, 5.74) is 7.68. The van der Waals surface area contributed by atoms with Crippen LogP contribution in [0.25, 0.3) is 6.08 Å². The van der Waals surface area contributed by atoms with Gasteiger partial charge in [0.15, 0.2) is 0 Å². The molecule has 1 rings (SSSR count). The van der Waals surface area contributed by atoms with Crippen LogP contribution < -0.4 is 5.73 Å². The van der Waals surface area contributed by atoms with Gasteiger partial charge < -0.3 is 5.73 Å². The van der Waals surface area contributed by atoms with E-state index in [-0.39, 0.29) is 0 Å². The van der Waals surface area contributed by atoms with Gasteiger partial charge in [-0.05, 0) is 19.9 Å². The molecule has 11 heavy (non-hydrogen) atoms. The van der Waals surface area contributed by atoms with E-state index in [1.807, 2.05) is 25.3 Å². The summed E-state index contributed by atoms with van der Waals surface area (Å²) in [5.74, 6) is 0. The quantitative estimate of drug-likeness (QED) is 0.731. The van der Waals surface area contributed by atoms with E-state index >= 15 is 0 Å². The predicted molar refractivity (Wildman–Crippen MR) is 49.6 cm³/mol. The Labute approximate surface area is 70.8 Å². The Morgan fingerprint density at radius 2 is 2.55 bits per heavy atom. The summed E-state index contributed by atoms with van der Waals surface area (Å²) in [6.07, 6.45) is 2.03. The highest BCUT2D eigenvalue weighted by Gasteiger charge is 1.93. The minimum absolute atomic E-state index is 0.610. The van der Waals surface area contributed by atoms with Crippen LogP contribution in [-0.2, 0) is 0 Å². The number of aromatic nitrogens is 1. The van der Waals surface area contributed by atoms with E-state index in [1.165, 1.54) is 5.57 Å². The first-order chi connectivity index (χ1) is 5.22. The second-order valence-corrected chi connectivity index (χ2v) is 3.41. The second-order valence-electron chi connectivity index (χ2n) is 2.52. The van der Waals surface area contributed by atoms with Gasteiger partial charge in [-0.25, -0.2) is 4.98 Å². The van der Waals surface area contributed by atoms with Crippen LogP contribution in [0.1, 0.15) is 17.6 Å². The smallest absolute Gasteiger partial charge is 0.116 e. The lowest BCUT2D eigenvalue weighted by Crippen LogP contribution is -1.98. The fraction of sp³-hybridized carbons (Fsp3) is 0.375. The lowest BCUT2D eigenvalue weighted by atomic mass is 10.3. The molecule has 0 unspecified atom stereocenters. The lowest BCUT2D eigenvalue weighted by molar-refractivity contribution is 1.15. The van der Waals surface area contributed by atoms with Crippen molar-refractivity contribution < 1.29 is 0 Å². The highest BCUT2D eigenvalue weighted by molar-refractivity contribution is 7.10. The SMILES string of the molecule is C/C(=C\c1nc(C)cs1)CN. The zero-order chi connectivity index (χ0) is 8.27. The van der Waals surface area contributed by atoms with Gasteiger partial charge in [-0.1, -0.05) is 5.57 Å². The minimum Gasteiger partial charge on any atom is -0.327 e. The highest BCUT2D eigenvalue weighted by Crippen LogP contribution is 2.11. The third kappa shape index (κ3) is 2.44. The summed E-state index contributed by atoms with van der Waals surface area (Å²) in [4.78, 5) is 4.29. The molecule has 0 saturated carbocycles. The van der Waals surface area contributed by atoms with Crippen molar-refractivity contribution in [2.75, 3.05) is 6.54 Å². The molecule has 1 aromatic heterocycles. The van der Waals surface area contributed by atoms with Gasteiger partial charge in [-0.2, -0.15) is 0 Å². The zero-order valence-electron chi connectivity index (χ0n) is 6.79. The Bertz CT molecular complexity index is 263. The van der Waals surface area contributed by atoms with Crippen LogP contribution in [0.3, 0.4) is 0 Å². The molecule has 0 aliphatic carbocycles. The number of aryl methyl sites for hydroxylation is 1. The van der Waals surface area contributed by atoms with Gasteiger partial charge in [0.25, 0.3) is 0 Å². The first-order valence-electron chi connectivity index (χ1n) is 3.51. The average Bonchev–Trinajstić information content (AvgIpc) is 2.35. The van der Waals surface area contributed by atoms with Crippen LogP contribution in [0.15, 0.2) is 11.0 Å². The molecule has 2 N–H and O–H groups in total. The highest BCUT2D eigenvalue weighted by atomic mass is 32.1. The van der Waals surface area contributed by atoms with Gasteiger partial charge in [0, 0.05) is 17.6 Å². The Morgan fingerprint density at radius 1 is 1.82 bits per heavy atom. The molecular formula is C8H12N2S. The monoisotopic (exact) mass is 168 g/mol. The predicted octanol–water partition coefficient (Wildman–Crippen LogP) is 1.81. The van der Waals surface area contributed by atoms with Gasteiger partial charge >= 0.3 is 0 Å². The molecule has 2 nitrogen and oxygen atoms in total. The molecule has 0 amide bonds. The number of hydrogen-bond donors (Lipinski definition) is 1. The molecule has 0 aliphatic heterocycles. The molecule has 0 bridgehead atoms. The van der Waals surface area contributed by atoms with Crippen molar-refractivity contribution in [3.63, 3.8) is 0 Å². The Hall–Kier alpha value is -0.670. The number of nitrogens with zero attached hydrogens (tertiary/aromatic N) is 1. The Morgan fingerprint density at radius 3 is 3.00 bits per heavy atom. The summed E-state index contributed by atoms with van der Waals surface area (Å²) in [7, 11) is 0. The molecule has 0 saturated heterocycles. The molecule has 0 aromatic carbocycles. The first-order valence-corrected chi connectivity index (χ1v) is 4.39. The van der Waals surface area contributed by atoms with Crippen LogP contribution in [0.2, 0.25) is 0 Å². The minimum atomic E-state index is 0.610.